The van der Waals surface area contributed by atoms with E-state index in [1.165, 1.54) is 13.1 Å². The van der Waals surface area contributed by atoms with Crippen molar-refractivity contribution in [1.29, 1.82) is 0 Å². The van der Waals surface area contributed by atoms with Crippen molar-refractivity contribution < 1.29 is 18.0 Å². The number of hydrogen-bond donors (Lipinski definition) is 1. The second-order valence-corrected chi connectivity index (χ2v) is 6.75. The Morgan fingerprint density at radius 2 is 1.96 bits per heavy atom. The quantitative estimate of drug-likeness (QED) is 0.650. The maximum absolute atomic E-state index is 12.9. The summed E-state index contributed by atoms with van der Waals surface area (Å²) in [6.45, 7) is 1.34. The van der Waals surface area contributed by atoms with Crippen molar-refractivity contribution in [2.24, 2.45) is 0 Å². The van der Waals surface area contributed by atoms with Crippen LogP contribution >= 0.6 is 23.2 Å². The molecule has 1 N–H and O–H groups in total. The fourth-order valence-corrected chi connectivity index (χ4v) is 2.95. The van der Waals surface area contributed by atoms with Gasteiger partial charge in [0.2, 0.25) is 5.91 Å². The fourth-order valence-electron chi connectivity index (χ4n) is 2.51. The summed E-state index contributed by atoms with van der Waals surface area (Å²) < 4.78 is 41.1. The first-order chi connectivity index (χ1) is 13.1. The number of benzene rings is 1. The van der Waals surface area contributed by atoms with Gasteiger partial charge in [0.1, 0.15) is 6.54 Å². The van der Waals surface area contributed by atoms with Crippen LogP contribution < -0.4 is 5.32 Å². The highest BCUT2D eigenvalue weighted by molar-refractivity contribution is 6.32. The number of hydrogen-bond acceptors (Lipinski definition) is 3. The van der Waals surface area contributed by atoms with E-state index in [0.717, 1.165) is 10.2 Å². The molecule has 0 radical (unpaired) electrons. The summed E-state index contributed by atoms with van der Waals surface area (Å²) in [5.41, 5.74) is 0.0845. The van der Waals surface area contributed by atoms with E-state index < -0.39 is 29.3 Å². The van der Waals surface area contributed by atoms with Crippen LogP contribution in [0, 0.1) is 6.92 Å². The predicted molar refractivity (Wildman–Crippen MR) is 98.4 cm³/mol. The molecule has 3 rings (SSSR count). The van der Waals surface area contributed by atoms with Gasteiger partial charge in [0.05, 0.1) is 29.1 Å². The lowest BCUT2D eigenvalue weighted by Crippen LogP contribution is -2.20. The molecule has 11 heteroatoms. The molecular weight excluding hydrogens is 418 g/mol. The molecule has 0 unspecified atom stereocenters. The van der Waals surface area contributed by atoms with Gasteiger partial charge in [0.15, 0.2) is 5.69 Å². The van der Waals surface area contributed by atoms with E-state index in [-0.39, 0.29) is 5.69 Å². The molecule has 0 spiro atoms. The molecular formula is C17H14Cl2F3N5O. The van der Waals surface area contributed by atoms with Crippen LogP contribution in [0.25, 0.3) is 0 Å². The zero-order chi connectivity index (χ0) is 20.5. The van der Waals surface area contributed by atoms with E-state index in [1.54, 1.807) is 16.9 Å². The summed E-state index contributed by atoms with van der Waals surface area (Å²) in [5, 5.41) is 10.2. The van der Waals surface area contributed by atoms with Crippen LogP contribution in [-0.4, -0.2) is 25.5 Å². The molecule has 28 heavy (non-hydrogen) atoms. The van der Waals surface area contributed by atoms with Gasteiger partial charge in [-0.2, -0.15) is 23.4 Å². The minimum Gasteiger partial charge on any atom is -0.322 e. The van der Waals surface area contributed by atoms with Gasteiger partial charge in [0.25, 0.3) is 0 Å². The fraction of sp³-hybridized carbons (Fsp3) is 0.235. The minimum atomic E-state index is -4.69. The number of rotatable bonds is 5. The Labute approximate surface area is 167 Å². The third-order valence-electron chi connectivity index (χ3n) is 3.90. The molecule has 0 aliphatic carbocycles. The lowest BCUT2D eigenvalue weighted by molar-refractivity contribution is -0.141. The highest BCUT2D eigenvalue weighted by Gasteiger charge is 2.38. The van der Waals surface area contributed by atoms with Crippen molar-refractivity contribution in [3.8, 4) is 0 Å². The van der Waals surface area contributed by atoms with Gasteiger partial charge in [-0.3, -0.25) is 14.2 Å². The first-order valence-electron chi connectivity index (χ1n) is 8.01. The van der Waals surface area contributed by atoms with Gasteiger partial charge in [-0.15, -0.1) is 0 Å². The zero-order valence-corrected chi connectivity index (χ0v) is 16.0. The number of carbonyl (C=O) groups excluding carboxylic acids is 1. The average molecular weight is 432 g/mol. The first-order valence-corrected chi connectivity index (χ1v) is 8.76. The smallest absolute Gasteiger partial charge is 0.322 e. The lowest BCUT2D eigenvalue weighted by atomic mass is 10.2. The maximum atomic E-state index is 12.9. The van der Waals surface area contributed by atoms with Crippen LogP contribution in [0.15, 0.2) is 36.7 Å². The van der Waals surface area contributed by atoms with Crippen LogP contribution in [0.5, 0.6) is 0 Å². The molecule has 148 valence electrons. The highest BCUT2D eigenvalue weighted by Crippen LogP contribution is 2.35. The van der Waals surface area contributed by atoms with Crippen molar-refractivity contribution in [3.63, 3.8) is 0 Å². The van der Waals surface area contributed by atoms with E-state index in [9.17, 15) is 18.0 Å². The number of aromatic nitrogens is 4. The summed E-state index contributed by atoms with van der Waals surface area (Å²) in [5.74, 6) is -0.562. The Bertz CT molecular complexity index is 1010. The normalized spacial score (nSPS) is 11.6. The second kappa shape index (κ2) is 7.84. The Morgan fingerprint density at radius 3 is 2.61 bits per heavy atom. The minimum absolute atomic E-state index is 0.0542. The number of amides is 1. The van der Waals surface area contributed by atoms with E-state index >= 15 is 0 Å². The number of alkyl halides is 3. The lowest BCUT2D eigenvalue weighted by Gasteiger charge is -2.05. The van der Waals surface area contributed by atoms with Crippen LogP contribution in [0.3, 0.4) is 0 Å². The molecule has 2 heterocycles. The summed E-state index contributed by atoms with van der Waals surface area (Å²) >= 11 is 11.8. The van der Waals surface area contributed by atoms with Crippen molar-refractivity contribution >= 4 is 34.8 Å². The monoisotopic (exact) mass is 431 g/mol. The van der Waals surface area contributed by atoms with E-state index in [4.69, 9.17) is 23.2 Å². The molecule has 0 aliphatic heterocycles. The SMILES string of the molecule is Cc1c(Cl)c(C(F)(F)F)nn1CC(=O)Nc1cnn(Cc2ccccc2Cl)c1. The molecule has 6 nitrogen and oxygen atoms in total. The van der Waals surface area contributed by atoms with Crippen molar-refractivity contribution in [1.82, 2.24) is 19.6 Å². The summed E-state index contributed by atoms with van der Waals surface area (Å²) in [6, 6.07) is 7.27. The molecule has 3 aromatic rings. The van der Waals surface area contributed by atoms with Gasteiger partial charge >= 0.3 is 6.18 Å². The summed E-state index contributed by atoms with van der Waals surface area (Å²) in [6.07, 6.45) is -1.67. The molecule has 0 bridgehead atoms. The Kier molecular flexibility index (Phi) is 5.66. The van der Waals surface area contributed by atoms with Crippen LogP contribution in [0.1, 0.15) is 17.0 Å². The third-order valence-corrected chi connectivity index (χ3v) is 4.72. The van der Waals surface area contributed by atoms with Crippen LogP contribution in [-0.2, 0) is 24.1 Å². The molecule has 1 amide bonds. The van der Waals surface area contributed by atoms with E-state index in [2.05, 4.69) is 15.5 Å². The second-order valence-electron chi connectivity index (χ2n) is 5.97. The third kappa shape index (κ3) is 4.48. The van der Waals surface area contributed by atoms with Crippen LogP contribution in [0.2, 0.25) is 10.0 Å². The van der Waals surface area contributed by atoms with Gasteiger partial charge < -0.3 is 5.32 Å². The number of nitrogens with one attached hydrogen (secondary N) is 1. The molecule has 0 saturated heterocycles. The number of anilines is 1. The van der Waals surface area contributed by atoms with E-state index in [0.29, 0.717) is 17.3 Å². The number of halogens is 5. The Balaban J connectivity index is 1.66. The Morgan fingerprint density at radius 1 is 1.25 bits per heavy atom. The van der Waals surface area contributed by atoms with Crippen LogP contribution in [0.4, 0.5) is 18.9 Å². The first kappa shape index (κ1) is 20.2. The van der Waals surface area contributed by atoms with Crippen molar-refractivity contribution in [2.45, 2.75) is 26.2 Å². The standard InChI is InChI=1S/C17H14Cl2F3N5O/c1-10-15(19)16(17(20,21)22)25-27(10)9-14(28)24-12-6-23-26(8-12)7-11-4-2-3-5-13(11)18/h2-6,8H,7,9H2,1H3,(H,24,28). The van der Waals surface area contributed by atoms with Gasteiger partial charge in [0, 0.05) is 11.2 Å². The zero-order valence-electron chi connectivity index (χ0n) is 14.5. The summed E-state index contributed by atoms with van der Waals surface area (Å²) in [4.78, 5) is 12.2. The highest BCUT2D eigenvalue weighted by atomic mass is 35.5. The number of nitrogens with zero attached hydrogens (tertiary/aromatic N) is 4. The van der Waals surface area contributed by atoms with Crippen molar-refractivity contribution in [3.05, 3.63) is 63.7 Å². The molecule has 0 fully saturated rings. The largest absolute Gasteiger partial charge is 0.436 e. The van der Waals surface area contributed by atoms with Gasteiger partial charge in [-0.25, -0.2) is 0 Å². The predicted octanol–water partition coefficient (Wildman–Crippen LogP) is 4.40. The Hall–Kier alpha value is -2.52. The molecule has 2 aromatic heterocycles. The van der Waals surface area contributed by atoms with E-state index in [1.807, 2.05) is 18.2 Å². The topological polar surface area (TPSA) is 64.7 Å². The average Bonchev–Trinajstić information content (AvgIpc) is 3.16. The van der Waals surface area contributed by atoms with Gasteiger partial charge in [-0.1, -0.05) is 41.4 Å². The molecule has 0 aliphatic rings. The molecule has 0 atom stereocenters. The molecule has 1 aromatic carbocycles. The molecule has 0 saturated carbocycles. The van der Waals surface area contributed by atoms with Gasteiger partial charge in [-0.05, 0) is 18.6 Å². The summed E-state index contributed by atoms with van der Waals surface area (Å²) in [7, 11) is 0. The van der Waals surface area contributed by atoms with Crippen molar-refractivity contribution in [2.75, 3.05) is 5.32 Å². The number of carbonyl (C=O) groups is 1. The maximum Gasteiger partial charge on any atom is 0.436 e.